The van der Waals surface area contributed by atoms with Crippen LogP contribution in [-0.2, 0) is 80.7 Å². The number of methoxy groups -OCH3 is 1. The molecule has 94 heavy (non-hydrogen) atoms. The number of carbonyl (C=O) groups is 3. The summed E-state index contributed by atoms with van der Waals surface area (Å²) in [5.74, 6) is -2.05. The molecule has 6 aliphatic heterocycles. The van der Waals surface area contributed by atoms with Gasteiger partial charge in [-0.25, -0.2) is 0 Å². The van der Waals surface area contributed by atoms with Gasteiger partial charge in [0.25, 0.3) is 0 Å². The van der Waals surface area contributed by atoms with Crippen LogP contribution in [0.2, 0.25) is 0 Å². The highest BCUT2D eigenvalue weighted by atomic mass is 16.8. The largest absolute Gasteiger partial charge is 0.462 e. The molecular formula is C64H102O30. The number of cyclic esters (lactones) is 1. The Hall–Kier alpha value is -2.81. The summed E-state index contributed by atoms with van der Waals surface area (Å²) in [6.07, 6.45) is -36.3. The van der Waals surface area contributed by atoms with Gasteiger partial charge in [-0.05, 0) is 99.2 Å². The van der Waals surface area contributed by atoms with Crippen LogP contribution in [-0.4, -0.2) is 289 Å². The summed E-state index contributed by atoms with van der Waals surface area (Å²) < 4.78 is 85.0. The maximum atomic E-state index is 15.1. The zero-order valence-electron chi connectivity index (χ0n) is 55.2. The van der Waals surface area contributed by atoms with Crippen molar-refractivity contribution in [3.8, 4) is 0 Å². The number of aliphatic hydroxyl groups excluding tert-OH is 13. The van der Waals surface area contributed by atoms with Crippen LogP contribution < -0.4 is 0 Å². The predicted octanol–water partition coefficient (Wildman–Crippen LogP) is -2.40. The van der Waals surface area contributed by atoms with Crippen molar-refractivity contribution in [3.63, 3.8) is 0 Å². The van der Waals surface area contributed by atoms with E-state index in [-0.39, 0.29) is 17.8 Å². The Kier molecular flexibility index (Phi) is 22.3. The minimum absolute atomic E-state index is 0.0793. The number of fused-ring (bicyclic) bond motifs is 4. The third-order valence-corrected chi connectivity index (χ3v) is 23.2. The molecule has 30 heteroatoms. The molecule has 13 N–H and O–H groups in total. The van der Waals surface area contributed by atoms with E-state index in [1.807, 2.05) is 6.92 Å². The van der Waals surface area contributed by atoms with E-state index in [2.05, 4.69) is 47.6 Å². The maximum absolute atomic E-state index is 15.1. The molecule has 0 bridgehead atoms. The fourth-order valence-electron chi connectivity index (χ4n) is 18.3. The second-order valence-corrected chi connectivity index (χ2v) is 29.5. The minimum atomic E-state index is -2.04. The Morgan fingerprint density at radius 1 is 0.606 bits per heavy atom. The van der Waals surface area contributed by atoms with Gasteiger partial charge < -0.3 is 133 Å². The van der Waals surface area contributed by atoms with E-state index >= 15 is 4.79 Å². The van der Waals surface area contributed by atoms with Gasteiger partial charge in [0.1, 0.15) is 122 Å². The number of ether oxygens (including phenoxy) is 14. The molecule has 6 saturated heterocycles. The third-order valence-electron chi connectivity index (χ3n) is 23.2. The molecule has 538 valence electrons. The smallest absolute Gasteiger partial charge is 0.314 e. The van der Waals surface area contributed by atoms with Crippen LogP contribution >= 0.6 is 0 Å². The van der Waals surface area contributed by atoms with Gasteiger partial charge >= 0.3 is 17.9 Å². The molecule has 0 aromatic carbocycles. The molecule has 10 aliphatic rings. The second kappa shape index (κ2) is 28.3. The number of hydrogen-bond donors (Lipinski definition) is 13. The van der Waals surface area contributed by atoms with E-state index in [9.17, 15) is 76.0 Å². The van der Waals surface area contributed by atoms with Crippen LogP contribution in [0.25, 0.3) is 0 Å². The monoisotopic (exact) mass is 1350 g/mol. The van der Waals surface area contributed by atoms with Crippen molar-refractivity contribution < 1.29 is 147 Å². The number of allylic oxidation sites excluding steroid dienone is 2. The van der Waals surface area contributed by atoms with E-state index in [1.54, 1.807) is 0 Å². The first-order chi connectivity index (χ1) is 44.2. The number of esters is 3. The predicted molar refractivity (Wildman–Crippen MR) is 315 cm³/mol. The summed E-state index contributed by atoms with van der Waals surface area (Å²) in [6, 6.07) is 0. The number of hydrogen-bond acceptors (Lipinski definition) is 30. The van der Waals surface area contributed by atoms with E-state index in [0.29, 0.717) is 51.4 Å². The number of carbonyl (C=O) groups excluding carboxylic acids is 3. The molecule has 9 fully saturated rings. The van der Waals surface area contributed by atoms with Gasteiger partial charge in [0, 0.05) is 21.0 Å². The van der Waals surface area contributed by atoms with Crippen LogP contribution in [0.3, 0.4) is 0 Å². The van der Waals surface area contributed by atoms with Crippen LogP contribution in [0.1, 0.15) is 121 Å². The minimum Gasteiger partial charge on any atom is -0.462 e. The lowest BCUT2D eigenvalue weighted by atomic mass is 9.41. The molecule has 3 saturated carbocycles. The highest BCUT2D eigenvalue weighted by Crippen LogP contribution is 2.76. The van der Waals surface area contributed by atoms with Crippen molar-refractivity contribution in [2.75, 3.05) is 33.5 Å². The lowest BCUT2D eigenvalue weighted by Gasteiger charge is -2.63. The highest BCUT2D eigenvalue weighted by Gasteiger charge is 2.81. The molecular weight excluding hydrogens is 1250 g/mol. The molecule has 30 nitrogen and oxygen atoms in total. The summed E-state index contributed by atoms with van der Waals surface area (Å²) in [7, 11) is 1.18. The van der Waals surface area contributed by atoms with Crippen molar-refractivity contribution in [3.05, 3.63) is 11.6 Å². The molecule has 0 aromatic rings. The summed E-state index contributed by atoms with van der Waals surface area (Å²) in [5, 5.41) is 143. The summed E-state index contributed by atoms with van der Waals surface area (Å²) >= 11 is 0. The first-order valence-corrected chi connectivity index (χ1v) is 33.1. The Labute approximate surface area is 545 Å². The average Bonchev–Trinajstić information content (AvgIpc) is 1.47. The molecule has 1 unspecified atom stereocenters. The van der Waals surface area contributed by atoms with Gasteiger partial charge in [-0.3, -0.25) is 14.4 Å². The fraction of sp³-hybridized carbons (Fsp3) is 0.922. The number of aliphatic hydroxyl groups is 13. The van der Waals surface area contributed by atoms with E-state index in [1.165, 1.54) is 33.5 Å². The van der Waals surface area contributed by atoms with Gasteiger partial charge in [0.2, 0.25) is 0 Å². The quantitative estimate of drug-likeness (QED) is 0.0262. The normalized spacial score (nSPS) is 50.3. The molecule has 6 heterocycles. The summed E-state index contributed by atoms with van der Waals surface area (Å²) in [4.78, 5) is 40.9. The molecule has 0 radical (unpaired) electrons. The lowest BCUT2D eigenvalue weighted by Crippen LogP contribution is -2.67. The molecule has 0 amide bonds. The van der Waals surface area contributed by atoms with Crippen molar-refractivity contribution in [1.82, 2.24) is 0 Å². The first kappa shape index (κ1) is 73.9. The van der Waals surface area contributed by atoms with E-state index < -0.39 is 243 Å². The first-order valence-electron chi connectivity index (χ1n) is 33.1. The van der Waals surface area contributed by atoms with E-state index in [0.717, 1.165) is 0 Å². The van der Waals surface area contributed by atoms with Crippen molar-refractivity contribution in [1.29, 1.82) is 0 Å². The van der Waals surface area contributed by atoms with Crippen LogP contribution in [0.4, 0.5) is 0 Å². The van der Waals surface area contributed by atoms with Gasteiger partial charge in [-0.2, -0.15) is 0 Å². The van der Waals surface area contributed by atoms with Crippen LogP contribution in [0, 0.1) is 45.3 Å². The summed E-state index contributed by atoms with van der Waals surface area (Å²) in [6.45, 7) is 15.7. The summed E-state index contributed by atoms with van der Waals surface area (Å²) in [5.41, 5.74) is -3.21. The molecule has 34 atom stereocenters. The fourth-order valence-corrected chi connectivity index (χ4v) is 18.3. The lowest BCUT2D eigenvalue weighted by molar-refractivity contribution is -0.394. The molecule has 10 rings (SSSR count). The maximum Gasteiger partial charge on any atom is 0.314 e. The zero-order chi connectivity index (χ0) is 68.8. The van der Waals surface area contributed by atoms with Crippen molar-refractivity contribution in [2.45, 2.75) is 292 Å². The zero-order valence-corrected chi connectivity index (χ0v) is 55.2. The molecule has 0 aromatic heterocycles. The van der Waals surface area contributed by atoms with Gasteiger partial charge in [0.15, 0.2) is 37.1 Å². The van der Waals surface area contributed by atoms with Gasteiger partial charge in [-0.15, -0.1) is 0 Å². The number of rotatable bonds is 20. The Balaban J connectivity index is 0.887. The van der Waals surface area contributed by atoms with Crippen molar-refractivity contribution >= 4 is 17.9 Å². The molecule has 4 aliphatic carbocycles. The van der Waals surface area contributed by atoms with Crippen LogP contribution in [0.15, 0.2) is 11.6 Å². The van der Waals surface area contributed by atoms with Gasteiger partial charge in [-0.1, -0.05) is 53.2 Å². The topological polar surface area (TPSA) is 443 Å². The molecule has 1 spiro atoms. The average molecular weight is 1350 g/mol. The van der Waals surface area contributed by atoms with Crippen LogP contribution in [0.5, 0.6) is 0 Å². The van der Waals surface area contributed by atoms with Crippen molar-refractivity contribution in [2.24, 2.45) is 45.3 Å². The Morgan fingerprint density at radius 2 is 1.17 bits per heavy atom. The standard InChI is InChI=1S/C64H102O30/c1-25(2)12-15-38(85-28(5)69)63(10)53-31(84-27(4)68)20-62(9)30-13-14-36-60(6,7)37(17-18-61(36,8)29(30)16-19-64(53,62)59(80)94-63)90-58-52(42(73)35(24-82-58)89-55-45(76)43(74)39(70)32(21-65)86-55)93-54-46(77)44(75)49(26(3)83-54)91-57-48(79)51(41(72)34(23-67)88-57)92-56-47(78)50(81-11)40(71)33(22-66)87-56/h16,25-26,30-58,65-67,70-79H,12-15,17-24H2,1-11H3/t26-,30-,31+,32-,33-,34-,35-,36+,37+,38-,39-,40-,41-,42+,43+,44-,45-,46-,47-,48-,49-,50+,51+,52-,53-,54+,55+,56+,57+,58+,61-,62+,63+,64?/m1/s1. The SMILES string of the molecule is CO[C@@H]1[C@@H](O)[C@H](O[C@@H]2[C@@H](O)[C@H](O[C@H]3[C@H](O)[C@@H](O)[C@H](O[C@H]4[C@H](O[C@H]5CC[C@]6(C)C7=CCC89C(=O)O[C@@](C)([C@@H](CCC(C)C)OC(C)=O)[C@H]8[C@@H](OC(C)=O)C[C@@]9(C)[C@@H]7CC[C@H]6C5(C)C)OC[C@@H](O[C@@H]5O[C@H](CO)[C@@H](O)[C@H](O)[C@H]5O)[C@@H]4O)O[C@@H]3C)O[C@H](CO)[C@H]2O)O[C@H](CO)[C@H]1O. The highest BCUT2D eigenvalue weighted by molar-refractivity contribution is 5.84. The Morgan fingerprint density at radius 3 is 1.77 bits per heavy atom. The second-order valence-electron chi connectivity index (χ2n) is 29.5. The Bertz CT molecular complexity index is 2670. The van der Waals surface area contributed by atoms with E-state index in [4.69, 9.17) is 66.3 Å². The van der Waals surface area contributed by atoms with Gasteiger partial charge in [0.05, 0.1) is 50.0 Å². The third kappa shape index (κ3) is 12.8.